The van der Waals surface area contributed by atoms with Crippen LogP contribution in [0, 0.1) is 0 Å². The van der Waals surface area contributed by atoms with Crippen molar-refractivity contribution in [3.63, 3.8) is 0 Å². The zero-order valence-electron chi connectivity index (χ0n) is 14.0. The van der Waals surface area contributed by atoms with Gasteiger partial charge in [0.05, 0.1) is 6.54 Å². The van der Waals surface area contributed by atoms with E-state index in [0.29, 0.717) is 6.61 Å². The van der Waals surface area contributed by atoms with Gasteiger partial charge in [0.25, 0.3) is 0 Å². The number of ether oxygens (including phenoxy) is 1. The first kappa shape index (κ1) is 17.6. The van der Waals surface area contributed by atoms with E-state index in [1.807, 2.05) is 23.1 Å². The maximum Gasteiger partial charge on any atom is 0.317 e. The third kappa shape index (κ3) is 5.11. The number of hydrogen-bond acceptors (Lipinski definition) is 5. The summed E-state index contributed by atoms with van der Waals surface area (Å²) < 4.78 is 5.91. The Morgan fingerprint density at radius 3 is 2.87 bits per heavy atom. The van der Waals surface area contributed by atoms with Crippen LogP contribution in [0.3, 0.4) is 0 Å². The highest BCUT2D eigenvalue weighted by atomic mass is 16.5. The van der Waals surface area contributed by atoms with Gasteiger partial charge >= 0.3 is 5.97 Å². The number of hydrogen-bond donors (Lipinski definition) is 2. The van der Waals surface area contributed by atoms with Crippen molar-refractivity contribution in [3.05, 3.63) is 23.8 Å². The van der Waals surface area contributed by atoms with Gasteiger partial charge in [0, 0.05) is 37.9 Å². The molecule has 6 nitrogen and oxygen atoms in total. The van der Waals surface area contributed by atoms with Crippen LogP contribution in [0.15, 0.2) is 18.2 Å². The number of rotatable bonds is 7. The Balaban J connectivity index is 1.78. The molecule has 0 bridgehead atoms. The Bertz CT molecular complexity index is 536. The standard InChI is InChI=1S/C17H27N3O3/c1-3-14-10-15(18)4-5-16(14)23-9-8-19-6-7-20(12-17(21)22)13(2)11-19/h4-5,10,13H,3,6-9,11-12,18H2,1-2H3,(H,21,22). The molecular formula is C17H27N3O3. The Labute approximate surface area is 137 Å². The molecule has 1 aliphatic rings. The normalized spacial score (nSPS) is 19.7. The molecule has 3 N–H and O–H groups in total. The van der Waals surface area contributed by atoms with Gasteiger partial charge in [-0.2, -0.15) is 0 Å². The van der Waals surface area contributed by atoms with Gasteiger partial charge in [0.1, 0.15) is 12.4 Å². The van der Waals surface area contributed by atoms with Gasteiger partial charge in [-0.25, -0.2) is 0 Å². The van der Waals surface area contributed by atoms with Gasteiger partial charge in [0.2, 0.25) is 0 Å². The molecule has 0 amide bonds. The van der Waals surface area contributed by atoms with E-state index in [1.54, 1.807) is 0 Å². The zero-order valence-corrected chi connectivity index (χ0v) is 14.0. The van der Waals surface area contributed by atoms with E-state index in [-0.39, 0.29) is 12.6 Å². The van der Waals surface area contributed by atoms with E-state index < -0.39 is 5.97 Å². The van der Waals surface area contributed by atoms with E-state index in [4.69, 9.17) is 15.6 Å². The van der Waals surface area contributed by atoms with E-state index in [9.17, 15) is 4.79 Å². The summed E-state index contributed by atoms with van der Waals surface area (Å²) in [6, 6.07) is 6.01. The molecule has 0 aliphatic carbocycles. The fourth-order valence-corrected chi connectivity index (χ4v) is 2.98. The van der Waals surface area contributed by atoms with Gasteiger partial charge in [-0.1, -0.05) is 6.92 Å². The number of anilines is 1. The number of carbonyl (C=O) groups is 1. The van der Waals surface area contributed by atoms with Crippen molar-refractivity contribution < 1.29 is 14.6 Å². The topological polar surface area (TPSA) is 79.0 Å². The lowest BCUT2D eigenvalue weighted by Gasteiger charge is -2.38. The summed E-state index contributed by atoms with van der Waals surface area (Å²) in [5.41, 5.74) is 7.69. The second-order valence-electron chi connectivity index (χ2n) is 6.08. The molecule has 0 saturated carbocycles. The van der Waals surface area contributed by atoms with Crippen molar-refractivity contribution in [3.8, 4) is 5.75 Å². The van der Waals surface area contributed by atoms with Crippen LogP contribution < -0.4 is 10.5 Å². The van der Waals surface area contributed by atoms with Crippen LogP contribution in [0.5, 0.6) is 5.75 Å². The lowest BCUT2D eigenvalue weighted by molar-refractivity contribution is -0.139. The minimum absolute atomic E-state index is 0.122. The quantitative estimate of drug-likeness (QED) is 0.737. The summed E-state index contributed by atoms with van der Waals surface area (Å²) in [6.07, 6.45) is 0.894. The maximum atomic E-state index is 10.8. The molecule has 1 fully saturated rings. The summed E-state index contributed by atoms with van der Waals surface area (Å²) >= 11 is 0. The van der Waals surface area contributed by atoms with Crippen LogP contribution in [0.1, 0.15) is 19.4 Å². The van der Waals surface area contributed by atoms with Gasteiger partial charge in [-0.15, -0.1) is 0 Å². The van der Waals surface area contributed by atoms with Crippen LogP contribution in [0.2, 0.25) is 0 Å². The number of benzene rings is 1. The van der Waals surface area contributed by atoms with Crippen molar-refractivity contribution in [2.75, 3.05) is 45.1 Å². The zero-order chi connectivity index (χ0) is 16.8. The molecule has 0 radical (unpaired) electrons. The van der Waals surface area contributed by atoms with Crippen LogP contribution in [0.4, 0.5) is 5.69 Å². The predicted molar refractivity (Wildman–Crippen MR) is 90.8 cm³/mol. The van der Waals surface area contributed by atoms with Crippen LogP contribution in [-0.2, 0) is 11.2 Å². The largest absolute Gasteiger partial charge is 0.492 e. The minimum Gasteiger partial charge on any atom is -0.492 e. The average Bonchev–Trinajstić information content (AvgIpc) is 2.51. The SMILES string of the molecule is CCc1cc(N)ccc1OCCN1CCN(CC(=O)O)C(C)C1. The Hall–Kier alpha value is -1.79. The Morgan fingerprint density at radius 1 is 1.43 bits per heavy atom. The number of aryl methyl sites for hydroxylation is 1. The van der Waals surface area contributed by atoms with Crippen LogP contribution >= 0.6 is 0 Å². The van der Waals surface area contributed by atoms with E-state index >= 15 is 0 Å². The van der Waals surface area contributed by atoms with Gasteiger partial charge in [-0.3, -0.25) is 14.6 Å². The summed E-state index contributed by atoms with van der Waals surface area (Å²) in [5, 5.41) is 8.90. The van der Waals surface area contributed by atoms with E-state index in [1.165, 1.54) is 0 Å². The van der Waals surface area contributed by atoms with Gasteiger partial charge in [0.15, 0.2) is 0 Å². The fourth-order valence-electron chi connectivity index (χ4n) is 2.98. The highest BCUT2D eigenvalue weighted by Crippen LogP contribution is 2.22. The molecule has 1 heterocycles. The number of piperazine rings is 1. The summed E-state index contributed by atoms with van der Waals surface area (Å²) in [4.78, 5) is 15.2. The number of carboxylic acid groups (broad SMARTS) is 1. The third-order valence-electron chi connectivity index (χ3n) is 4.32. The lowest BCUT2D eigenvalue weighted by atomic mass is 10.1. The van der Waals surface area contributed by atoms with Crippen LogP contribution in [-0.4, -0.2) is 66.2 Å². The number of aliphatic carboxylic acids is 1. The molecule has 0 aromatic heterocycles. The van der Waals surface area contributed by atoms with Crippen LogP contribution in [0.25, 0.3) is 0 Å². The van der Waals surface area contributed by atoms with Crippen molar-refractivity contribution in [2.24, 2.45) is 0 Å². The van der Waals surface area contributed by atoms with Crippen molar-refractivity contribution in [1.29, 1.82) is 0 Å². The number of nitrogens with zero attached hydrogens (tertiary/aromatic N) is 2. The molecule has 1 saturated heterocycles. The molecule has 128 valence electrons. The number of nitrogen functional groups attached to an aromatic ring is 1. The highest BCUT2D eigenvalue weighted by Gasteiger charge is 2.24. The molecule has 1 aromatic carbocycles. The van der Waals surface area contributed by atoms with Gasteiger partial charge < -0.3 is 15.6 Å². The molecule has 23 heavy (non-hydrogen) atoms. The molecule has 1 aliphatic heterocycles. The summed E-state index contributed by atoms with van der Waals surface area (Å²) in [6.45, 7) is 8.30. The van der Waals surface area contributed by atoms with Crippen molar-refractivity contribution in [2.45, 2.75) is 26.3 Å². The van der Waals surface area contributed by atoms with E-state index in [0.717, 1.165) is 49.6 Å². The second-order valence-corrected chi connectivity index (χ2v) is 6.08. The molecular weight excluding hydrogens is 294 g/mol. The predicted octanol–water partition coefficient (Wildman–Crippen LogP) is 1.30. The molecule has 1 aromatic rings. The van der Waals surface area contributed by atoms with E-state index in [2.05, 4.69) is 18.7 Å². The summed E-state index contributed by atoms with van der Waals surface area (Å²) in [7, 11) is 0. The first-order valence-corrected chi connectivity index (χ1v) is 8.19. The minimum atomic E-state index is -0.760. The number of nitrogens with two attached hydrogens (primary N) is 1. The molecule has 1 atom stereocenters. The molecule has 2 rings (SSSR count). The monoisotopic (exact) mass is 321 g/mol. The maximum absolute atomic E-state index is 10.8. The van der Waals surface area contributed by atoms with Crippen molar-refractivity contribution in [1.82, 2.24) is 9.80 Å². The Morgan fingerprint density at radius 2 is 2.22 bits per heavy atom. The summed E-state index contributed by atoms with van der Waals surface area (Å²) in [5.74, 6) is 0.142. The smallest absolute Gasteiger partial charge is 0.317 e. The lowest BCUT2D eigenvalue weighted by Crippen LogP contribution is -2.53. The first-order chi connectivity index (χ1) is 11.0. The highest BCUT2D eigenvalue weighted by molar-refractivity contribution is 5.69. The fraction of sp³-hybridized carbons (Fsp3) is 0.588. The average molecular weight is 321 g/mol. The molecule has 6 heteroatoms. The third-order valence-corrected chi connectivity index (χ3v) is 4.32. The molecule has 0 spiro atoms. The number of carboxylic acids is 1. The first-order valence-electron chi connectivity index (χ1n) is 8.19. The van der Waals surface area contributed by atoms with Crippen molar-refractivity contribution >= 4 is 11.7 Å². The Kier molecular flexibility index (Phi) is 6.24. The molecule has 1 unspecified atom stereocenters. The second kappa shape index (κ2) is 8.17. The van der Waals surface area contributed by atoms with Gasteiger partial charge in [-0.05, 0) is 37.1 Å².